The first kappa shape index (κ1) is 17.1. The zero-order chi connectivity index (χ0) is 18.9. The third kappa shape index (κ3) is 3.36. The van der Waals surface area contributed by atoms with Crippen molar-refractivity contribution in [3.8, 4) is 28.7 Å². The highest BCUT2D eigenvalue weighted by molar-refractivity contribution is 5.62. The van der Waals surface area contributed by atoms with Crippen LogP contribution < -0.4 is 0 Å². The lowest BCUT2D eigenvalue weighted by atomic mass is 9.87. The van der Waals surface area contributed by atoms with E-state index in [4.69, 9.17) is 0 Å². The van der Waals surface area contributed by atoms with Crippen molar-refractivity contribution in [3.63, 3.8) is 0 Å². The average Bonchev–Trinajstić information content (AvgIpc) is 3.14. The minimum absolute atomic E-state index is 0.0966. The predicted molar refractivity (Wildman–Crippen MR) is 107 cm³/mol. The van der Waals surface area contributed by atoms with Crippen LogP contribution in [0.1, 0.15) is 26.3 Å². The molecule has 0 N–H and O–H groups in total. The van der Waals surface area contributed by atoms with Crippen LogP contribution in [0.25, 0.3) is 28.7 Å². The van der Waals surface area contributed by atoms with E-state index < -0.39 is 0 Å². The first-order valence-electron chi connectivity index (χ1n) is 8.93. The van der Waals surface area contributed by atoms with Gasteiger partial charge in [0.1, 0.15) is 11.4 Å². The van der Waals surface area contributed by atoms with Gasteiger partial charge in [0.2, 0.25) is 0 Å². The molecule has 0 atom stereocenters. The van der Waals surface area contributed by atoms with E-state index in [9.17, 15) is 0 Å². The van der Waals surface area contributed by atoms with E-state index in [0.29, 0.717) is 11.6 Å². The molecule has 4 aromatic rings. The molecule has 0 unspecified atom stereocenters. The second-order valence-corrected chi connectivity index (χ2v) is 7.41. The van der Waals surface area contributed by atoms with E-state index >= 15 is 0 Å². The lowest BCUT2D eigenvalue weighted by molar-refractivity contribution is 0.590. The molecule has 4 rings (SSSR count). The van der Waals surface area contributed by atoms with Crippen LogP contribution in [-0.2, 0) is 5.41 Å². The number of rotatable bonds is 3. The molecule has 0 radical (unpaired) electrons. The van der Waals surface area contributed by atoms with Gasteiger partial charge in [-0.25, -0.2) is 0 Å². The summed E-state index contributed by atoms with van der Waals surface area (Å²) in [5, 5.41) is 8.84. The van der Waals surface area contributed by atoms with Gasteiger partial charge in [-0.05, 0) is 47.4 Å². The number of benzene rings is 1. The van der Waals surface area contributed by atoms with Crippen LogP contribution >= 0.6 is 0 Å². The van der Waals surface area contributed by atoms with Crippen LogP contribution in [0.2, 0.25) is 0 Å². The molecule has 0 fully saturated rings. The molecule has 0 saturated carbocycles. The van der Waals surface area contributed by atoms with Crippen LogP contribution in [0.4, 0.5) is 0 Å². The Kier molecular flexibility index (Phi) is 4.28. The Balaban J connectivity index is 1.90. The zero-order valence-corrected chi connectivity index (χ0v) is 15.7. The summed E-state index contributed by atoms with van der Waals surface area (Å²) in [6, 6.07) is 20.1. The summed E-state index contributed by atoms with van der Waals surface area (Å²) >= 11 is 0. The summed E-state index contributed by atoms with van der Waals surface area (Å²) in [6.07, 6.45) is 3.52. The monoisotopic (exact) mass is 355 g/mol. The van der Waals surface area contributed by atoms with Gasteiger partial charge in [0, 0.05) is 18.1 Å². The van der Waals surface area contributed by atoms with Gasteiger partial charge >= 0.3 is 0 Å². The Labute approximate surface area is 158 Å². The molecular formula is C22H21N5. The van der Waals surface area contributed by atoms with Crippen LogP contribution in [-0.4, -0.2) is 24.7 Å². The van der Waals surface area contributed by atoms with Crippen LogP contribution in [0.3, 0.4) is 0 Å². The highest BCUT2D eigenvalue weighted by Crippen LogP contribution is 2.28. The van der Waals surface area contributed by atoms with Crippen molar-refractivity contribution in [3.05, 3.63) is 78.6 Å². The first-order valence-corrected chi connectivity index (χ1v) is 8.93. The smallest absolute Gasteiger partial charge is 0.187 e. The van der Waals surface area contributed by atoms with E-state index in [1.165, 1.54) is 5.56 Å². The van der Waals surface area contributed by atoms with Gasteiger partial charge < -0.3 is 0 Å². The molecule has 0 spiro atoms. The molecule has 0 amide bonds. The number of hydrogen-bond acceptors (Lipinski definition) is 4. The van der Waals surface area contributed by atoms with Crippen molar-refractivity contribution in [2.75, 3.05) is 0 Å². The number of aromatic nitrogens is 5. The largest absolute Gasteiger partial charge is 0.272 e. The van der Waals surface area contributed by atoms with Crippen molar-refractivity contribution in [2.24, 2.45) is 0 Å². The van der Waals surface area contributed by atoms with Crippen molar-refractivity contribution < 1.29 is 0 Å². The Morgan fingerprint density at radius 3 is 1.59 bits per heavy atom. The molecule has 134 valence electrons. The van der Waals surface area contributed by atoms with E-state index in [1.54, 1.807) is 12.4 Å². The van der Waals surface area contributed by atoms with E-state index in [1.807, 2.05) is 41.0 Å². The Bertz CT molecular complexity index is 973. The van der Waals surface area contributed by atoms with Crippen LogP contribution in [0, 0.1) is 0 Å². The van der Waals surface area contributed by atoms with Crippen molar-refractivity contribution >= 4 is 0 Å². The standard InChI is InChI=1S/C22H21N5/c1-22(2,3)16-10-12-17(13-11-16)27-20(18-8-4-6-14-23-18)25-26-21(27)19-9-5-7-15-24-19/h4-15H,1-3H3. The van der Waals surface area contributed by atoms with Crippen molar-refractivity contribution in [1.82, 2.24) is 24.7 Å². The molecule has 0 aliphatic heterocycles. The van der Waals surface area contributed by atoms with Crippen molar-refractivity contribution in [2.45, 2.75) is 26.2 Å². The van der Waals surface area contributed by atoms with Crippen LogP contribution in [0.5, 0.6) is 0 Å². The zero-order valence-electron chi connectivity index (χ0n) is 15.7. The minimum Gasteiger partial charge on any atom is -0.272 e. The molecule has 1 aromatic carbocycles. The molecule has 5 heteroatoms. The fraction of sp³-hybridized carbons (Fsp3) is 0.182. The van der Waals surface area contributed by atoms with Gasteiger partial charge in [-0.2, -0.15) is 0 Å². The number of hydrogen-bond donors (Lipinski definition) is 0. The summed E-state index contributed by atoms with van der Waals surface area (Å²) in [7, 11) is 0. The highest BCUT2D eigenvalue weighted by atomic mass is 15.3. The van der Waals surface area contributed by atoms with E-state index in [-0.39, 0.29) is 5.41 Å². The second-order valence-electron chi connectivity index (χ2n) is 7.41. The van der Waals surface area contributed by atoms with E-state index in [2.05, 4.69) is 65.2 Å². The summed E-state index contributed by atoms with van der Waals surface area (Å²) in [6.45, 7) is 6.62. The fourth-order valence-corrected chi connectivity index (χ4v) is 2.96. The van der Waals surface area contributed by atoms with Gasteiger partial charge in [0.05, 0.1) is 0 Å². The molecule has 27 heavy (non-hydrogen) atoms. The van der Waals surface area contributed by atoms with Gasteiger partial charge in [0.25, 0.3) is 0 Å². The Morgan fingerprint density at radius 1 is 0.667 bits per heavy atom. The van der Waals surface area contributed by atoms with Crippen molar-refractivity contribution in [1.29, 1.82) is 0 Å². The first-order chi connectivity index (χ1) is 13.0. The maximum Gasteiger partial charge on any atom is 0.187 e. The molecule has 3 aromatic heterocycles. The normalized spacial score (nSPS) is 11.5. The fourth-order valence-electron chi connectivity index (χ4n) is 2.96. The SMILES string of the molecule is CC(C)(C)c1ccc(-n2c(-c3ccccn3)nnc2-c2ccccn2)cc1. The van der Waals surface area contributed by atoms with Crippen LogP contribution in [0.15, 0.2) is 73.1 Å². The summed E-state index contributed by atoms with van der Waals surface area (Å²) < 4.78 is 2.01. The molecular weight excluding hydrogens is 334 g/mol. The Morgan fingerprint density at radius 2 is 1.19 bits per heavy atom. The highest BCUT2D eigenvalue weighted by Gasteiger charge is 2.19. The molecule has 0 aliphatic rings. The number of nitrogens with zero attached hydrogens (tertiary/aromatic N) is 5. The molecule has 0 aliphatic carbocycles. The summed E-state index contributed by atoms with van der Waals surface area (Å²) in [4.78, 5) is 8.91. The molecule has 0 bridgehead atoms. The minimum atomic E-state index is 0.0966. The summed E-state index contributed by atoms with van der Waals surface area (Å²) in [5.74, 6) is 1.39. The Hall–Kier alpha value is -3.34. The molecule has 3 heterocycles. The third-order valence-electron chi connectivity index (χ3n) is 4.44. The lowest BCUT2D eigenvalue weighted by Gasteiger charge is -2.19. The van der Waals surface area contributed by atoms with Gasteiger partial charge in [-0.15, -0.1) is 10.2 Å². The quantitative estimate of drug-likeness (QED) is 0.535. The number of pyridine rings is 2. The molecule has 0 saturated heterocycles. The average molecular weight is 355 g/mol. The lowest BCUT2D eigenvalue weighted by Crippen LogP contribution is -2.11. The third-order valence-corrected chi connectivity index (χ3v) is 4.44. The maximum atomic E-state index is 4.46. The topological polar surface area (TPSA) is 56.5 Å². The van der Waals surface area contributed by atoms with Gasteiger partial charge in [-0.1, -0.05) is 45.0 Å². The van der Waals surface area contributed by atoms with Gasteiger partial charge in [0.15, 0.2) is 11.6 Å². The van der Waals surface area contributed by atoms with E-state index in [0.717, 1.165) is 17.1 Å². The summed E-state index contributed by atoms with van der Waals surface area (Å²) in [5.41, 5.74) is 3.89. The molecule has 5 nitrogen and oxygen atoms in total. The maximum absolute atomic E-state index is 4.46. The predicted octanol–water partition coefficient (Wildman–Crippen LogP) is 4.69. The second kappa shape index (κ2) is 6.76. The van der Waals surface area contributed by atoms with Gasteiger partial charge in [-0.3, -0.25) is 14.5 Å².